The molecule has 0 heterocycles. The summed E-state index contributed by atoms with van der Waals surface area (Å²) in [5.41, 5.74) is 14.7. The number of rotatable bonds is 3. The van der Waals surface area contributed by atoms with Gasteiger partial charge in [-0.15, -0.1) is 16.4 Å². The van der Waals surface area contributed by atoms with Crippen molar-refractivity contribution < 1.29 is 0 Å². The molecule has 0 saturated carbocycles. The molecule has 0 aliphatic rings. The van der Waals surface area contributed by atoms with E-state index in [4.69, 9.17) is 0 Å². The van der Waals surface area contributed by atoms with Gasteiger partial charge in [0.2, 0.25) is 0 Å². The van der Waals surface area contributed by atoms with Gasteiger partial charge in [0, 0.05) is 0 Å². The number of hydrogen-bond donors (Lipinski definition) is 0. The highest BCUT2D eigenvalue weighted by Crippen LogP contribution is 2.47. The molecule has 0 amide bonds. The summed E-state index contributed by atoms with van der Waals surface area (Å²) in [6, 6.07) is 47.3. The van der Waals surface area contributed by atoms with E-state index in [1.54, 1.807) is 0 Å². The standard InChI is InChI=1S/C40H31B5/c41-36-33(37(42)39(44)40(45)38(36)43)24-20-23-11-2-4-14-26(23)32(21-24)35-30-17-7-5-15-28(30)34(29-16-6-8-18-31(29)35)27-19-9-12-22-10-1-3-13-25(22)27/h1-21H,41-45H2. The van der Waals surface area contributed by atoms with Crippen LogP contribution in [-0.4, -0.2) is 39.2 Å². The molecule has 0 aromatic heterocycles. The molecule has 5 heteroatoms. The van der Waals surface area contributed by atoms with E-state index in [0.29, 0.717) is 0 Å². The van der Waals surface area contributed by atoms with E-state index < -0.39 is 0 Å². The molecule has 0 aliphatic carbocycles. The van der Waals surface area contributed by atoms with Gasteiger partial charge in [0.05, 0.1) is 0 Å². The molecule has 8 rings (SSSR count). The van der Waals surface area contributed by atoms with Gasteiger partial charge >= 0.3 is 0 Å². The Balaban J connectivity index is 1.54. The largest absolute Gasteiger partial charge is 0.139 e. The third kappa shape index (κ3) is 4.21. The maximum atomic E-state index is 2.47. The highest BCUT2D eigenvalue weighted by molar-refractivity contribution is 6.68. The van der Waals surface area contributed by atoms with E-state index in [-0.39, 0.29) is 0 Å². The monoisotopic (exact) mass is 566 g/mol. The Hall–Kier alpha value is -4.88. The second kappa shape index (κ2) is 10.6. The lowest BCUT2D eigenvalue weighted by Gasteiger charge is -2.23. The van der Waals surface area contributed by atoms with Crippen LogP contribution in [0.3, 0.4) is 0 Å². The fraction of sp³-hybridized carbons (Fsp3) is 0. The van der Waals surface area contributed by atoms with E-state index >= 15 is 0 Å². The summed E-state index contributed by atoms with van der Waals surface area (Å²) < 4.78 is 0. The molecule has 206 valence electrons. The third-order valence-corrected chi connectivity index (χ3v) is 10.4. The fourth-order valence-electron chi connectivity index (χ4n) is 7.75. The zero-order valence-corrected chi connectivity index (χ0v) is 26.6. The molecule has 0 nitrogen and oxygen atoms in total. The van der Waals surface area contributed by atoms with Crippen LogP contribution in [-0.2, 0) is 0 Å². The van der Waals surface area contributed by atoms with Crippen molar-refractivity contribution in [3.63, 3.8) is 0 Å². The Morgan fingerprint density at radius 3 is 1.24 bits per heavy atom. The summed E-state index contributed by atoms with van der Waals surface area (Å²) in [6.45, 7) is 0. The van der Waals surface area contributed by atoms with E-state index in [2.05, 4.69) is 167 Å². The van der Waals surface area contributed by atoms with E-state index in [1.165, 1.54) is 104 Å². The summed E-state index contributed by atoms with van der Waals surface area (Å²) in [5.74, 6) is 0. The lowest BCUT2D eigenvalue weighted by Crippen LogP contribution is -2.55. The number of fused-ring (bicyclic) bond motifs is 4. The van der Waals surface area contributed by atoms with Crippen LogP contribution in [0, 0.1) is 0 Å². The van der Waals surface area contributed by atoms with Crippen LogP contribution in [0.1, 0.15) is 0 Å². The summed E-state index contributed by atoms with van der Waals surface area (Å²) >= 11 is 0. The first-order valence-corrected chi connectivity index (χ1v) is 16.0. The second-order valence-corrected chi connectivity index (χ2v) is 12.6. The Morgan fingerprint density at radius 1 is 0.289 bits per heavy atom. The van der Waals surface area contributed by atoms with Crippen LogP contribution >= 0.6 is 0 Å². The van der Waals surface area contributed by atoms with Crippen LogP contribution in [0.2, 0.25) is 0 Å². The molecule has 0 N–H and O–H groups in total. The zero-order chi connectivity index (χ0) is 30.8. The average molecular weight is 566 g/mol. The molecule has 0 atom stereocenters. The smallest absolute Gasteiger partial charge is 0.102 e. The van der Waals surface area contributed by atoms with Crippen LogP contribution in [0.15, 0.2) is 127 Å². The molecule has 0 saturated heterocycles. The van der Waals surface area contributed by atoms with E-state index in [0.717, 1.165) is 0 Å². The van der Waals surface area contributed by atoms with Crippen molar-refractivity contribution in [2.75, 3.05) is 0 Å². The molecule has 0 unspecified atom stereocenters. The van der Waals surface area contributed by atoms with Crippen LogP contribution in [0.25, 0.3) is 76.5 Å². The predicted molar refractivity (Wildman–Crippen MR) is 214 cm³/mol. The minimum atomic E-state index is 1.26. The average Bonchev–Trinajstić information content (AvgIpc) is 3.08. The highest BCUT2D eigenvalue weighted by Gasteiger charge is 2.21. The van der Waals surface area contributed by atoms with Crippen molar-refractivity contribution >= 4 is 110 Å². The van der Waals surface area contributed by atoms with Crippen LogP contribution < -0.4 is 27.3 Å². The molecule has 0 fully saturated rings. The van der Waals surface area contributed by atoms with Crippen molar-refractivity contribution in [2.24, 2.45) is 0 Å². The van der Waals surface area contributed by atoms with Crippen LogP contribution in [0.4, 0.5) is 0 Å². The molecule has 8 aromatic carbocycles. The summed E-state index contributed by atoms with van der Waals surface area (Å²) in [4.78, 5) is 0. The molecule has 0 spiro atoms. The maximum absolute atomic E-state index is 2.47. The Kier molecular flexibility index (Phi) is 6.54. The minimum absolute atomic E-state index is 1.26. The predicted octanol–water partition coefficient (Wildman–Crippen LogP) is 2.59. The van der Waals surface area contributed by atoms with Gasteiger partial charge in [0.1, 0.15) is 39.2 Å². The quantitative estimate of drug-likeness (QED) is 0.228. The number of benzene rings is 8. The molecular formula is C40H31B5. The molecule has 0 aliphatic heterocycles. The maximum Gasteiger partial charge on any atom is 0.139 e. The SMILES string of the molecule is Bc1c(B)c(B)c(-c2cc(-c3c4ccccc4c(-c4cccc5ccccc45)c4ccccc34)c3ccccc3c2)c(B)c1B. The van der Waals surface area contributed by atoms with Gasteiger partial charge in [0.25, 0.3) is 0 Å². The van der Waals surface area contributed by atoms with Gasteiger partial charge in [-0.1, -0.05) is 126 Å². The van der Waals surface area contributed by atoms with Gasteiger partial charge in [-0.05, 0) is 88.6 Å². The number of hydrogen-bond acceptors (Lipinski definition) is 0. The molecule has 8 aromatic rings. The van der Waals surface area contributed by atoms with Crippen molar-refractivity contribution in [1.29, 1.82) is 0 Å². The topological polar surface area (TPSA) is 0 Å². The molecule has 0 radical (unpaired) electrons. The Bertz CT molecular complexity index is 2400. The van der Waals surface area contributed by atoms with Crippen molar-refractivity contribution in [1.82, 2.24) is 0 Å². The van der Waals surface area contributed by atoms with E-state index in [9.17, 15) is 0 Å². The van der Waals surface area contributed by atoms with Crippen molar-refractivity contribution in [2.45, 2.75) is 0 Å². The highest BCUT2D eigenvalue weighted by atomic mass is 14.2. The van der Waals surface area contributed by atoms with Crippen molar-refractivity contribution in [3.8, 4) is 33.4 Å². The lowest BCUT2D eigenvalue weighted by atomic mass is 9.59. The molecule has 45 heavy (non-hydrogen) atoms. The van der Waals surface area contributed by atoms with Crippen LogP contribution in [0.5, 0.6) is 0 Å². The Labute approximate surface area is 269 Å². The van der Waals surface area contributed by atoms with Gasteiger partial charge in [-0.2, -0.15) is 0 Å². The third-order valence-electron chi connectivity index (χ3n) is 10.4. The molecular weight excluding hydrogens is 535 g/mol. The first-order valence-electron chi connectivity index (χ1n) is 16.0. The Morgan fingerprint density at radius 2 is 0.689 bits per heavy atom. The second-order valence-electron chi connectivity index (χ2n) is 12.6. The van der Waals surface area contributed by atoms with Gasteiger partial charge in [0.15, 0.2) is 0 Å². The fourth-order valence-corrected chi connectivity index (χ4v) is 7.75. The van der Waals surface area contributed by atoms with Gasteiger partial charge in [-0.25, -0.2) is 0 Å². The first kappa shape index (κ1) is 27.7. The van der Waals surface area contributed by atoms with Crippen molar-refractivity contribution in [3.05, 3.63) is 127 Å². The van der Waals surface area contributed by atoms with Gasteiger partial charge in [-0.3, -0.25) is 0 Å². The summed E-state index contributed by atoms with van der Waals surface area (Å²) in [5, 5.41) is 10.2. The zero-order valence-electron chi connectivity index (χ0n) is 26.6. The first-order chi connectivity index (χ1) is 21.9. The summed E-state index contributed by atoms with van der Waals surface area (Å²) in [7, 11) is 11.4. The minimum Gasteiger partial charge on any atom is -0.102 e. The molecule has 0 bridgehead atoms. The normalized spacial score (nSPS) is 11.6. The summed E-state index contributed by atoms with van der Waals surface area (Å²) in [6.07, 6.45) is 0. The van der Waals surface area contributed by atoms with Gasteiger partial charge < -0.3 is 0 Å². The lowest BCUT2D eigenvalue weighted by molar-refractivity contribution is 1.68. The van der Waals surface area contributed by atoms with E-state index in [1.807, 2.05) is 0 Å².